The normalized spacial score (nSPS) is 10.2. The number of rotatable bonds is 3. The third-order valence-electron chi connectivity index (χ3n) is 2.56. The number of halogens is 3. The number of hydrogen-bond acceptors (Lipinski definition) is 1. The van der Waals surface area contributed by atoms with Gasteiger partial charge in [-0.3, -0.25) is 0 Å². The third-order valence-corrected chi connectivity index (χ3v) is 3.57. The molecule has 2 aromatic carbocycles. The summed E-state index contributed by atoms with van der Waals surface area (Å²) in [7, 11) is 0. The number of hydrogen-bond donors (Lipinski definition) is 2. The molecular formula is C14H11BrClFN2S. The lowest BCUT2D eigenvalue weighted by atomic mass is 10.2. The Kier molecular flexibility index (Phi) is 5.34. The summed E-state index contributed by atoms with van der Waals surface area (Å²) < 4.78 is 14.6. The van der Waals surface area contributed by atoms with Gasteiger partial charge in [-0.25, -0.2) is 4.39 Å². The van der Waals surface area contributed by atoms with Gasteiger partial charge in [-0.05, 0) is 48.6 Å². The summed E-state index contributed by atoms with van der Waals surface area (Å²) in [6, 6.07) is 12.2. The average molecular weight is 374 g/mol. The second kappa shape index (κ2) is 7.02. The first-order valence-electron chi connectivity index (χ1n) is 5.79. The molecule has 0 unspecified atom stereocenters. The van der Waals surface area contributed by atoms with Crippen molar-refractivity contribution in [1.82, 2.24) is 5.32 Å². The lowest BCUT2D eigenvalue weighted by Crippen LogP contribution is -2.28. The Morgan fingerprint density at radius 1 is 1.20 bits per heavy atom. The molecule has 0 spiro atoms. The molecular weight excluding hydrogens is 363 g/mol. The molecule has 0 saturated carbocycles. The molecule has 2 aromatic rings. The Hall–Kier alpha value is -1.17. The number of nitrogens with one attached hydrogen (secondary N) is 2. The van der Waals surface area contributed by atoms with Crippen LogP contribution in [0.3, 0.4) is 0 Å². The van der Waals surface area contributed by atoms with Gasteiger partial charge in [-0.1, -0.05) is 33.6 Å². The molecule has 20 heavy (non-hydrogen) atoms. The zero-order chi connectivity index (χ0) is 14.5. The van der Waals surface area contributed by atoms with E-state index in [9.17, 15) is 4.39 Å². The molecule has 0 amide bonds. The smallest absolute Gasteiger partial charge is 0.171 e. The molecule has 0 aliphatic rings. The highest BCUT2D eigenvalue weighted by Crippen LogP contribution is 2.15. The first-order valence-corrected chi connectivity index (χ1v) is 7.37. The van der Waals surface area contributed by atoms with Gasteiger partial charge in [0.25, 0.3) is 0 Å². The van der Waals surface area contributed by atoms with Gasteiger partial charge in [0.2, 0.25) is 0 Å². The predicted octanol–water partition coefficient (Wildman–Crippen LogP) is 4.73. The topological polar surface area (TPSA) is 24.1 Å². The van der Waals surface area contributed by atoms with E-state index in [-0.39, 0.29) is 5.82 Å². The van der Waals surface area contributed by atoms with E-state index in [1.165, 1.54) is 6.07 Å². The zero-order valence-electron chi connectivity index (χ0n) is 10.3. The second-order valence-corrected chi connectivity index (χ2v) is 5.81. The van der Waals surface area contributed by atoms with E-state index in [2.05, 4.69) is 26.6 Å². The molecule has 0 aliphatic carbocycles. The van der Waals surface area contributed by atoms with Crippen LogP contribution in [0.4, 0.5) is 10.1 Å². The van der Waals surface area contributed by atoms with E-state index in [4.69, 9.17) is 23.8 Å². The van der Waals surface area contributed by atoms with Crippen molar-refractivity contribution in [3.05, 3.63) is 63.3 Å². The van der Waals surface area contributed by atoms with E-state index in [1.807, 2.05) is 24.3 Å². The van der Waals surface area contributed by atoms with Crippen molar-refractivity contribution in [2.75, 3.05) is 5.32 Å². The first-order chi connectivity index (χ1) is 9.54. The van der Waals surface area contributed by atoms with Crippen LogP contribution < -0.4 is 10.6 Å². The highest BCUT2D eigenvalue weighted by atomic mass is 79.9. The molecule has 2 N–H and O–H groups in total. The SMILES string of the molecule is Fc1cc(Cl)ccc1CNC(=S)Nc1ccc(Br)cc1. The quantitative estimate of drug-likeness (QED) is 0.761. The average Bonchev–Trinajstić information content (AvgIpc) is 2.40. The van der Waals surface area contributed by atoms with Crippen molar-refractivity contribution in [2.45, 2.75) is 6.54 Å². The van der Waals surface area contributed by atoms with Crippen molar-refractivity contribution >= 4 is 50.5 Å². The monoisotopic (exact) mass is 372 g/mol. The molecule has 0 aromatic heterocycles. The van der Waals surface area contributed by atoms with Gasteiger partial charge >= 0.3 is 0 Å². The van der Waals surface area contributed by atoms with Crippen LogP contribution in [0.25, 0.3) is 0 Å². The molecule has 0 radical (unpaired) electrons. The molecule has 6 heteroatoms. The van der Waals surface area contributed by atoms with E-state index in [1.54, 1.807) is 12.1 Å². The van der Waals surface area contributed by atoms with Crippen LogP contribution in [0.1, 0.15) is 5.56 Å². The minimum atomic E-state index is -0.351. The fraction of sp³-hybridized carbons (Fsp3) is 0.0714. The molecule has 2 rings (SSSR count). The lowest BCUT2D eigenvalue weighted by molar-refractivity contribution is 0.606. The van der Waals surface area contributed by atoms with E-state index in [0.29, 0.717) is 22.2 Å². The van der Waals surface area contributed by atoms with Gasteiger partial charge in [-0.2, -0.15) is 0 Å². The largest absolute Gasteiger partial charge is 0.358 e. The fourth-order valence-corrected chi connectivity index (χ4v) is 2.16. The number of anilines is 1. The highest BCUT2D eigenvalue weighted by Gasteiger charge is 2.04. The molecule has 0 aliphatic heterocycles. The Morgan fingerprint density at radius 3 is 2.55 bits per heavy atom. The van der Waals surface area contributed by atoms with Crippen molar-refractivity contribution in [3.8, 4) is 0 Å². The second-order valence-electron chi connectivity index (χ2n) is 4.05. The van der Waals surface area contributed by atoms with Crippen LogP contribution in [0, 0.1) is 5.82 Å². The van der Waals surface area contributed by atoms with Gasteiger partial charge in [0.05, 0.1) is 0 Å². The van der Waals surface area contributed by atoms with E-state index in [0.717, 1.165) is 10.2 Å². The molecule has 0 heterocycles. The summed E-state index contributed by atoms with van der Waals surface area (Å²) in [5, 5.41) is 6.78. The summed E-state index contributed by atoms with van der Waals surface area (Å²) in [4.78, 5) is 0. The van der Waals surface area contributed by atoms with Crippen LogP contribution in [0.2, 0.25) is 5.02 Å². The maximum atomic E-state index is 13.6. The summed E-state index contributed by atoms with van der Waals surface area (Å²) >= 11 is 14.2. The van der Waals surface area contributed by atoms with Gasteiger partial charge in [0.1, 0.15) is 5.82 Å². The standard InChI is InChI=1S/C14H11BrClFN2S/c15-10-2-5-12(6-3-10)19-14(20)18-8-9-1-4-11(16)7-13(9)17/h1-7H,8H2,(H2,18,19,20). The fourth-order valence-electron chi connectivity index (χ4n) is 1.55. The van der Waals surface area contributed by atoms with Gasteiger partial charge in [-0.15, -0.1) is 0 Å². The first kappa shape index (κ1) is 15.2. The highest BCUT2D eigenvalue weighted by molar-refractivity contribution is 9.10. The lowest BCUT2D eigenvalue weighted by Gasteiger charge is -2.11. The van der Waals surface area contributed by atoms with Crippen LogP contribution in [-0.4, -0.2) is 5.11 Å². The Bertz CT molecular complexity index is 619. The summed E-state index contributed by atoms with van der Waals surface area (Å²) in [5.74, 6) is -0.351. The van der Waals surface area contributed by atoms with Crippen LogP contribution >= 0.6 is 39.7 Å². The van der Waals surface area contributed by atoms with Crippen LogP contribution in [-0.2, 0) is 6.54 Å². The summed E-state index contributed by atoms with van der Waals surface area (Å²) in [5.41, 5.74) is 1.37. The minimum absolute atomic E-state index is 0.297. The third kappa shape index (κ3) is 4.44. The zero-order valence-corrected chi connectivity index (χ0v) is 13.4. The Morgan fingerprint density at radius 2 is 1.90 bits per heavy atom. The molecule has 0 atom stereocenters. The van der Waals surface area contributed by atoms with Crippen molar-refractivity contribution < 1.29 is 4.39 Å². The predicted molar refractivity (Wildman–Crippen MR) is 88.6 cm³/mol. The van der Waals surface area contributed by atoms with Gasteiger partial charge < -0.3 is 10.6 Å². The van der Waals surface area contributed by atoms with Crippen LogP contribution in [0.5, 0.6) is 0 Å². The molecule has 104 valence electrons. The molecule has 0 bridgehead atoms. The van der Waals surface area contributed by atoms with Gasteiger partial charge in [0, 0.05) is 27.3 Å². The van der Waals surface area contributed by atoms with Crippen molar-refractivity contribution in [1.29, 1.82) is 0 Å². The van der Waals surface area contributed by atoms with E-state index >= 15 is 0 Å². The molecule has 2 nitrogen and oxygen atoms in total. The Balaban J connectivity index is 1.90. The molecule has 0 fully saturated rings. The number of benzene rings is 2. The molecule has 0 saturated heterocycles. The van der Waals surface area contributed by atoms with Crippen molar-refractivity contribution in [2.24, 2.45) is 0 Å². The van der Waals surface area contributed by atoms with Crippen LogP contribution in [0.15, 0.2) is 46.9 Å². The number of thiocarbonyl (C=S) groups is 1. The van der Waals surface area contributed by atoms with Gasteiger partial charge in [0.15, 0.2) is 5.11 Å². The Labute approximate surface area is 135 Å². The maximum absolute atomic E-state index is 13.6. The van der Waals surface area contributed by atoms with E-state index < -0.39 is 0 Å². The summed E-state index contributed by atoms with van der Waals surface area (Å²) in [6.07, 6.45) is 0. The van der Waals surface area contributed by atoms with Crippen molar-refractivity contribution in [3.63, 3.8) is 0 Å². The minimum Gasteiger partial charge on any atom is -0.358 e. The summed E-state index contributed by atoms with van der Waals surface area (Å²) in [6.45, 7) is 0.297. The maximum Gasteiger partial charge on any atom is 0.171 e.